The van der Waals surface area contributed by atoms with Gasteiger partial charge in [-0.25, -0.2) is 9.59 Å². The average molecular weight is 499 g/mol. The Kier molecular flexibility index (Phi) is 14.4. The maximum Gasteiger partial charge on any atom is 0.338 e. The first-order valence-electron chi connectivity index (χ1n) is 13.9. The zero-order valence-corrected chi connectivity index (χ0v) is 22.3. The summed E-state index contributed by atoms with van der Waals surface area (Å²) < 4.78 is 5.53. The Morgan fingerprint density at radius 3 is 2.19 bits per heavy atom. The monoisotopic (exact) mass is 498 g/mol. The minimum Gasteiger partial charge on any atom is -0.508 e. The molecule has 2 amide bonds. The van der Waals surface area contributed by atoms with Gasteiger partial charge in [-0.05, 0) is 56.7 Å². The van der Waals surface area contributed by atoms with Crippen molar-refractivity contribution in [1.82, 2.24) is 10.6 Å². The molecule has 6 nitrogen and oxygen atoms in total. The van der Waals surface area contributed by atoms with E-state index in [1.165, 1.54) is 70.6 Å². The van der Waals surface area contributed by atoms with Crippen LogP contribution in [0.15, 0.2) is 47.7 Å². The van der Waals surface area contributed by atoms with E-state index in [1.54, 1.807) is 31.2 Å². The highest BCUT2D eigenvalue weighted by atomic mass is 16.5. The zero-order valence-electron chi connectivity index (χ0n) is 22.3. The summed E-state index contributed by atoms with van der Waals surface area (Å²) >= 11 is 0. The molecule has 200 valence electrons. The number of phenols is 1. The van der Waals surface area contributed by atoms with Crippen LogP contribution in [0.2, 0.25) is 0 Å². The third-order valence-corrected chi connectivity index (χ3v) is 6.58. The quantitative estimate of drug-likeness (QED) is 0.110. The van der Waals surface area contributed by atoms with Crippen molar-refractivity contribution in [2.24, 2.45) is 0 Å². The summed E-state index contributed by atoms with van der Waals surface area (Å²) in [6.45, 7) is 4.31. The number of hydrogen-bond acceptors (Lipinski definition) is 4. The molecule has 0 bridgehead atoms. The summed E-state index contributed by atoms with van der Waals surface area (Å²) in [5.41, 5.74) is 1.47. The van der Waals surface area contributed by atoms with Gasteiger partial charge in [0.15, 0.2) is 0 Å². The molecular formula is C30H46N2O4. The number of urea groups is 1. The van der Waals surface area contributed by atoms with Crippen LogP contribution in [0.3, 0.4) is 0 Å². The third-order valence-electron chi connectivity index (χ3n) is 6.58. The molecule has 0 radical (unpaired) electrons. The van der Waals surface area contributed by atoms with Gasteiger partial charge in [0.1, 0.15) is 5.75 Å². The van der Waals surface area contributed by atoms with Gasteiger partial charge in [-0.1, -0.05) is 89.0 Å². The van der Waals surface area contributed by atoms with Crippen LogP contribution in [-0.4, -0.2) is 23.7 Å². The van der Waals surface area contributed by atoms with Gasteiger partial charge in [-0.3, -0.25) is 0 Å². The van der Waals surface area contributed by atoms with Crippen LogP contribution in [0.1, 0.15) is 115 Å². The first-order valence-corrected chi connectivity index (χ1v) is 13.9. The lowest BCUT2D eigenvalue weighted by Gasteiger charge is -2.28. The van der Waals surface area contributed by atoms with Gasteiger partial charge in [0.25, 0.3) is 0 Å². The topological polar surface area (TPSA) is 87.7 Å². The van der Waals surface area contributed by atoms with Crippen LogP contribution in [0.4, 0.5) is 4.79 Å². The van der Waals surface area contributed by atoms with Gasteiger partial charge in [-0.2, -0.15) is 0 Å². The largest absolute Gasteiger partial charge is 0.508 e. The maximum atomic E-state index is 12.8. The normalized spacial score (nSPS) is 15.7. The number of rotatable bonds is 18. The second-order valence-corrected chi connectivity index (χ2v) is 9.74. The van der Waals surface area contributed by atoms with Crippen molar-refractivity contribution in [2.45, 2.75) is 110 Å². The molecule has 6 heteroatoms. The number of amides is 2. The fourth-order valence-corrected chi connectivity index (χ4v) is 4.51. The second kappa shape index (κ2) is 17.6. The predicted octanol–water partition coefficient (Wildman–Crippen LogP) is 7.60. The fraction of sp³-hybridized carbons (Fsp3) is 0.600. The van der Waals surface area contributed by atoms with E-state index in [1.807, 2.05) is 0 Å². The smallest absolute Gasteiger partial charge is 0.338 e. The second-order valence-electron chi connectivity index (χ2n) is 9.74. The Bertz CT molecular complexity index is 862. The number of unbranched alkanes of at least 4 members (excludes halogenated alkanes) is 12. The molecule has 0 spiro atoms. The highest BCUT2D eigenvalue weighted by molar-refractivity contribution is 5.95. The van der Waals surface area contributed by atoms with Crippen molar-refractivity contribution in [3.8, 4) is 5.75 Å². The van der Waals surface area contributed by atoms with Gasteiger partial charge in [0.2, 0.25) is 0 Å². The molecule has 0 saturated carbocycles. The maximum absolute atomic E-state index is 12.8. The molecular weight excluding hydrogens is 452 g/mol. The lowest BCUT2D eigenvalue weighted by Crippen LogP contribution is -2.45. The summed E-state index contributed by atoms with van der Waals surface area (Å²) in [5, 5.41) is 15.2. The number of ether oxygens (including phenoxy) is 1. The number of nitrogens with one attached hydrogen (secondary N) is 2. The van der Waals surface area contributed by atoms with Gasteiger partial charge < -0.3 is 20.5 Å². The van der Waals surface area contributed by atoms with Crippen LogP contribution >= 0.6 is 0 Å². The zero-order chi connectivity index (χ0) is 26.0. The van der Waals surface area contributed by atoms with Crippen molar-refractivity contribution in [1.29, 1.82) is 0 Å². The number of benzene rings is 1. The molecule has 0 aromatic heterocycles. The van der Waals surface area contributed by atoms with E-state index in [2.05, 4.69) is 29.7 Å². The molecule has 1 atom stereocenters. The van der Waals surface area contributed by atoms with E-state index in [-0.39, 0.29) is 11.8 Å². The third kappa shape index (κ3) is 11.3. The van der Waals surface area contributed by atoms with Gasteiger partial charge >= 0.3 is 12.0 Å². The summed E-state index contributed by atoms with van der Waals surface area (Å²) in [6, 6.07) is 5.51. The average Bonchev–Trinajstić information content (AvgIpc) is 2.85. The first-order chi connectivity index (χ1) is 17.5. The Morgan fingerprint density at radius 2 is 1.56 bits per heavy atom. The summed E-state index contributed by atoms with van der Waals surface area (Å²) in [6.07, 6.45) is 21.9. The Hall–Kier alpha value is -2.76. The van der Waals surface area contributed by atoms with E-state index in [0.29, 0.717) is 23.4 Å². The van der Waals surface area contributed by atoms with Crippen molar-refractivity contribution in [2.75, 3.05) is 6.61 Å². The molecule has 1 unspecified atom stereocenters. The van der Waals surface area contributed by atoms with Crippen molar-refractivity contribution < 1.29 is 19.4 Å². The number of hydrogen-bond donors (Lipinski definition) is 3. The molecule has 1 aromatic carbocycles. The minimum absolute atomic E-state index is 0.0786. The molecule has 1 aromatic rings. The molecule has 0 aliphatic carbocycles. The predicted molar refractivity (Wildman–Crippen MR) is 146 cm³/mol. The number of aromatic hydroxyl groups is 1. The van der Waals surface area contributed by atoms with E-state index >= 15 is 0 Å². The molecule has 1 aliphatic rings. The molecule has 3 N–H and O–H groups in total. The van der Waals surface area contributed by atoms with Crippen LogP contribution in [-0.2, 0) is 9.53 Å². The van der Waals surface area contributed by atoms with E-state index in [9.17, 15) is 14.7 Å². The standard InChI is InChI=1S/C30H46N2O4/c1-3-4-5-6-7-8-9-10-11-12-13-14-15-16-17-18-22-36-29(34)27-24(2)31-30(35)32-28(27)25-20-19-21-26(33)23-25/h10-11,19-21,23,28,33H,3-9,12-18,22H2,1-2H3,(H2,31,32,35)/b11-10-. The SMILES string of the molecule is CCCCCCCC/C=C\CCCCCCCCOC(=O)C1=C(C)NC(=O)NC1c1cccc(O)c1. The molecule has 0 fully saturated rings. The summed E-state index contributed by atoms with van der Waals surface area (Å²) in [5.74, 6) is -0.365. The number of allylic oxidation sites excluding steroid dienone is 3. The number of carbonyl (C=O) groups excluding carboxylic acids is 2. The van der Waals surface area contributed by atoms with Crippen LogP contribution in [0.25, 0.3) is 0 Å². The molecule has 36 heavy (non-hydrogen) atoms. The van der Waals surface area contributed by atoms with Gasteiger partial charge in [0.05, 0.1) is 18.2 Å². The van der Waals surface area contributed by atoms with Gasteiger partial charge in [0, 0.05) is 5.70 Å². The number of carbonyl (C=O) groups is 2. The van der Waals surface area contributed by atoms with Crippen molar-refractivity contribution in [3.63, 3.8) is 0 Å². The lowest BCUT2D eigenvalue weighted by atomic mass is 9.95. The molecule has 2 rings (SSSR count). The molecule has 1 heterocycles. The highest BCUT2D eigenvalue weighted by Gasteiger charge is 2.32. The summed E-state index contributed by atoms with van der Waals surface area (Å²) in [7, 11) is 0. The molecule has 1 aliphatic heterocycles. The van der Waals surface area contributed by atoms with Gasteiger partial charge in [-0.15, -0.1) is 0 Å². The Morgan fingerprint density at radius 1 is 0.944 bits per heavy atom. The Balaban J connectivity index is 1.56. The van der Waals surface area contributed by atoms with Crippen LogP contribution in [0, 0.1) is 0 Å². The van der Waals surface area contributed by atoms with E-state index in [4.69, 9.17) is 4.74 Å². The number of phenolic OH excluding ortho intramolecular Hbond substituents is 1. The summed E-state index contributed by atoms with van der Waals surface area (Å²) in [4.78, 5) is 24.8. The minimum atomic E-state index is -0.654. The molecule has 0 saturated heterocycles. The van der Waals surface area contributed by atoms with E-state index < -0.39 is 12.0 Å². The van der Waals surface area contributed by atoms with Crippen molar-refractivity contribution in [3.05, 3.63) is 53.3 Å². The first kappa shape index (κ1) is 29.5. The Labute approximate surface area is 217 Å². The van der Waals surface area contributed by atoms with Crippen LogP contribution < -0.4 is 10.6 Å². The highest BCUT2D eigenvalue weighted by Crippen LogP contribution is 2.29. The van der Waals surface area contributed by atoms with Crippen molar-refractivity contribution >= 4 is 12.0 Å². The number of esters is 1. The van der Waals surface area contributed by atoms with E-state index in [0.717, 1.165) is 19.3 Å². The lowest BCUT2D eigenvalue weighted by molar-refractivity contribution is -0.139. The van der Waals surface area contributed by atoms with Crippen LogP contribution in [0.5, 0.6) is 5.75 Å². The fourth-order valence-electron chi connectivity index (χ4n) is 4.51.